The highest BCUT2D eigenvalue weighted by atomic mass is 19.1. The van der Waals surface area contributed by atoms with E-state index < -0.39 is 23.4 Å². The van der Waals surface area contributed by atoms with Gasteiger partial charge in [-0.25, -0.2) is 23.4 Å². The maximum atomic E-state index is 14.2. The second-order valence-corrected chi connectivity index (χ2v) is 8.87. The summed E-state index contributed by atoms with van der Waals surface area (Å²) < 4.78 is 31.4. The maximum Gasteiger partial charge on any atom is 0.263 e. The summed E-state index contributed by atoms with van der Waals surface area (Å²) in [7, 11) is 0. The molecular formula is C28H20F2N6O2. The Balaban J connectivity index is 1.64. The number of pyridine rings is 1. The zero-order valence-corrected chi connectivity index (χ0v) is 20.0. The van der Waals surface area contributed by atoms with Gasteiger partial charge in [0.05, 0.1) is 22.5 Å². The monoisotopic (exact) mass is 510 g/mol. The van der Waals surface area contributed by atoms with Gasteiger partial charge in [0.25, 0.3) is 5.56 Å². The normalized spacial score (nSPS) is 12.3. The second kappa shape index (κ2) is 8.77. The van der Waals surface area contributed by atoms with Crippen LogP contribution in [0, 0.1) is 11.6 Å². The van der Waals surface area contributed by atoms with E-state index in [1.165, 1.54) is 35.2 Å². The molecular weight excluding hydrogens is 490 g/mol. The summed E-state index contributed by atoms with van der Waals surface area (Å²) in [6.45, 7) is 1.84. The quantitative estimate of drug-likeness (QED) is 0.346. The molecule has 0 aliphatic carbocycles. The first-order valence-electron chi connectivity index (χ1n) is 11.7. The van der Waals surface area contributed by atoms with Crippen molar-refractivity contribution in [2.75, 3.05) is 5.73 Å². The van der Waals surface area contributed by atoms with Gasteiger partial charge in [-0.3, -0.25) is 9.36 Å². The van der Waals surface area contributed by atoms with Gasteiger partial charge < -0.3 is 10.8 Å². The highest BCUT2D eigenvalue weighted by molar-refractivity contribution is 5.98. The third-order valence-corrected chi connectivity index (χ3v) is 6.56. The summed E-state index contributed by atoms with van der Waals surface area (Å²) in [4.78, 5) is 22.2. The van der Waals surface area contributed by atoms with Gasteiger partial charge in [0.2, 0.25) is 0 Å². The molecule has 0 bridgehead atoms. The lowest BCUT2D eigenvalue weighted by atomic mass is 10.1. The molecule has 0 saturated heterocycles. The van der Waals surface area contributed by atoms with Gasteiger partial charge in [0.15, 0.2) is 17.2 Å². The molecule has 3 N–H and O–H groups in total. The van der Waals surface area contributed by atoms with Gasteiger partial charge in [-0.05, 0) is 60.8 Å². The summed E-state index contributed by atoms with van der Waals surface area (Å²) in [6.07, 6.45) is 1.30. The number of nitrogens with zero attached hydrogens (tertiary/aromatic N) is 5. The molecule has 0 spiro atoms. The molecule has 0 fully saturated rings. The Morgan fingerprint density at radius 1 is 0.974 bits per heavy atom. The first-order chi connectivity index (χ1) is 18.3. The lowest BCUT2D eigenvalue weighted by Gasteiger charge is -2.20. The number of fused-ring (bicyclic) bond motifs is 2. The molecule has 0 radical (unpaired) electrons. The molecule has 10 heteroatoms. The molecule has 6 aromatic rings. The zero-order valence-electron chi connectivity index (χ0n) is 20.0. The average molecular weight is 511 g/mol. The molecule has 0 saturated carbocycles. The van der Waals surface area contributed by atoms with E-state index in [0.29, 0.717) is 39.1 Å². The second-order valence-electron chi connectivity index (χ2n) is 8.87. The van der Waals surface area contributed by atoms with Gasteiger partial charge in [-0.2, -0.15) is 5.10 Å². The van der Waals surface area contributed by atoms with Crippen molar-refractivity contribution in [2.24, 2.45) is 0 Å². The SMILES string of the molecule is CC(c1cc2ccc(F)cc2c(=O)n1-c1ccccc1)n1nc(-c2ccc(O)c(F)c2)c2c(N)ncnc21. The van der Waals surface area contributed by atoms with E-state index >= 15 is 0 Å². The van der Waals surface area contributed by atoms with Crippen LogP contribution in [0.1, 0.15) is 18.7 Å². The Labute approximate surface area is 214 Å². The lowest BCUT2D eigenvalue weighted by Crippen LogP contribution is -2.26. The number of aromatic nitrogens is 5. The molecule has 0 aliphatic heterocycles. The lowest BCUT2D eigenvalue weighted by molar-refractivity contribution is 0.432. The molecule has 6 rings (SSSR count). The van der Waals surface area contributed by atoms with Gasteiger partial charge in [-0.15, -0.1) is 0 Å². The number of rotatable bonds is 4. The van der Waals surface area contributed by atoms with Crippen LogP contribution < -0.4 is 11.3 Å². The molecule has 38 heavy (non-hydrogen) atoms. The fourth-order valence-corrected chi connectivity index (χ4v) is 4.70. The number of nitrogens with two attached hydrogens (primary N) is 1. The Kier molecular flexibility index (Phi) is 5.37. The number of para-hydroxylation sites is 1. The smallest absolute Gasteiger partial charge is 0.263 e. The van der Waals surface area contributed by atoms with Crippen molar-refractivity contribution in [3.63, 3.8) is 0 Å². The van der Waals surface area contributed by atoms with Crippen molar-refractivity contribution < 1.29 is 13.9 Å². The number of aromatic hydroxyl groups is 1. The topological polar surface area (TPSA) is 112 Å². The fourth-order valence-electron chi connectivity index (χ4n) is 4.70. The van der Waals surface area contributed by atoms with E-state index in [2.05, 4.69) is 9.97 Å². The van der Waals surface area contributed by atoms with Crippen LogP contribution in [0.15, 0.2) is 83.9 Å². The molecule has 1 atom stereocenters. The number of phenolic OH excluding ortho intramolecular Hbond substituents is 1. The molecule has 188 valence electrons. The minimum Gasteiger partial charge on any atom is -0.505 e. The number of hydrogen-bond donors (Lipinski definition) is 2. The number of nitrogen functional groups attached to an aromatic ring is 1. The minimum absolute atomic E-state index is 0.145. The standard InChI is InChI=1S/C28H20F2N6O2/c1-15(22-12-16-7-9-18(29)13-20(16)28(38)35(22)19-5-3-2-4-6-19)36-27-24(26(31)32-14-33-27)25(34-36)17-8-10-23(37)21(30)11-17/h2-15,37H,1H3,(H2,31,32,33). The molecule has 3 aromatic heterocycles. The molecule has 8 nitrogen and oxygen atoms in total. The minimum atomic E-state index is -0.812. The van der Waals surface area contributed by atoms with Crippen molar-refractivity contribution in [3.05, 3.63) is 107 Å². The van der Waals surface area contributed by atoms with Crippen LogP contribution in [-0.2, 0) is 0 Å². The van der Waals surface area contributed by atoms with E-state index in [4.69, 9.17) is 10.8 Å². The summed E-state index contributed by atoms with van der Waals surface area (Å²) >= 11 is 0. The van der Waals surface area contributed by atoms with Crippen molar-refractivity contribution in [3.8, 4) is 22.7 Å². The van der Waals surface area contributed by atoms with Gasteiger partial charge in [-0.1, -0.05) is 24.3 Å². The Hall–Kier alpha value is -5.12. The van der Waals surface area contributed by atoms with E-state index in [1.54, 1.807) is 35.0 Å². The highest BCUT2D eigenvalue weighted by Crippen LogP contribution is 2.35. The van der Waals surface area contributed by atoms with Crippen LogP contribution in [0.25, 0.3) is 38.8 Å². The van der Waals surface area contributed by atoms with E-state index in [0.717, 1.165) is 6.07 Å². The van der Waals surface area contributed by atoms with Crippen LogP contribution in [0.2, 0.25) is 0 Å². The summed E-state index contributed by atoms with van der Waals surface area (Å²) in [5, 5.41) is 15.6. The molecule has 1 unspecified atom stereocenters. The third kappa shape index (κ3) is 3.65. The van der Waals surface area contributed by atoms with Gasteiger partial charge in [0.1, 0.15) is 23.7 Å². The van der Waals surface area contributed by atoms with Crippen molar-refractivity contribution in [1.29, 1.82) is 0 Å². The van der Waals surface area contributed by atoms with Crippen molar-refractivity contribution in [1.82, 2.24) is 24.3 Å². The predicted molar refractivity (Wildman–Crippen MR) is 140 cm³/mol. The number of phenols is 1. The van der Waals surface area contributed by atoms with E-state index in [9.17, 15) is 18.7 Å². The number of anilines is 1. The van der Waals surface area contributed by atoms with Crippen molar-refractivity contribution in [2.45, 2.75) is 13.0 Å². The first kappa shape index (κ1) is 23.3. The summed E-state index contributed by atoms with van der Waals surface area (Å²) in [6, 6.07) is 18.2. The largest absolute Gasteiger partial charge is 0.505 e. The van der Waals surface area contributed by atoms with Crippen LogP contribution in [0.4, 0.5) is 14.6 Å². The van der Waals surface area contributed by atoms with Crippen LogP contribution in [-0.4, -0.2) is 29.4 Å². The van der Waals surface area contributed by atoms with Crippen LogP contribution in [0.3, 0.4) is 0 Å². The number of halogens is 2. The molecule has 0 aliphatic rings. The number of hydrogen-bond acceptors (Lipinski definition) is 6. The highest BCUT2D eigenvalue weighted by Gasteiger charge is 2.24. The average Bonchev–Trinajstić information content (AvgIpc) is 3.31. The first-order valence-corrected chi connectivity index (χ1v) is 11.7. The molecule has 3 aromatic carbocycles. The molecule has 3 heterocycles. The third-order valence-electron chi connectivity index (χ3n) is 6.56. The number of benzene rings is 3. The summed E-state index contributed by atoms with van der Waals surface area (Å²) in [5.41, 5.74) is 8.04. The van der Waals surface area contributed by atoms with Gasteiger partial charge in [0, 0.05) is 11.3 Å². The van der Waals surface area contributed by atoms with Gasteiger partial charge >= 0.3 is 0 Å². The maximum absolute atomic E-state index is 14.2. The van der Waals surface area contributed by atoms with Crippen molar-refractivity contribution >= 4 is 27.6 Å². The van der Waals surface area contributed by atoms with E-state index in [-0.39, 0.29) is 16.8 Å². The summed E-state index contributed by atoms with van der Waals surface area (Å²) in [5.74, 6) is -1.67. The molecule has 0 amide bonds. The Morgan fingerprint density at radius 3 is 2.53 bits per heavy atom. The fraction of sp³-hybridized carbons (Fsp3) is 0.0714. The Morgan fingerprint density at radius 2 is 1.76 bits per heavy atom. The Bertz CT molecular complexity index is 1920. The zero-order chi connectivity index (χ0) is 26.6. The van der Waals surface area contributed by atoms with Crippen LogP contribution >= 0.6 is 0 Å². The van der Waals surface area contributed by atoms with Crippen LogP contribution in [0.5, 0.6) is 5.75 Å². The predicted octanol–water partition coefficient (Wildman–Crippen LogP) is 4.97. The van der Waals surface area contributed by atoms with E-state index in [1.807, 2.05) is 19.1 Å².